The lowest BCUT2D eigenvalue weighted by Gasteiger charge is -2.47. The molecule has 0 saturated carbocycles. The molecule has 2 saturated heterocycles. The predicted octanol–water partition coefficient (Wildman–Crippen LogP) is 2.00. The summed E-state index contributed by atoms with van der Waals surface area (Å²) < 4.78 is 33.6. The number of amides is 1. The Hall–Kier alpha value is -2.10. The van der Waals surface area contributed by atoms with Crippen LogP contribution < -0.4 is 0 Å². The van der Waals surface area contributed by atoms with Crippen LogP contribution in [0, 0.1) is 5.41 Å². The highest BCUT2D eigenvalue weighted by atomic mass is 19.4. The molecule has 1 amide bonds. The Bertz CT molecular complexity index is 667. The molecule has 10 heteroatoms. The smallest absolute Gasteiger partial charge is 0.475 e. The number of carboxylic acid groups (broad SMARTS) is 1. The first-order valence-corrected chi connectivity index (χ1v) is 8.78. The number of aromatic nitrogens is 2. The number of imidazole rings is 1. The Morgan fingerprint density at radius 2 is 1.74 bits per heavy atom. The van der Waals surface area contributed by atoms with Gasteiger partial charge in [0.1, 0.15) is 5.69 Å². The largest absolute Gasteiger partial charge is 0.490 e. The minimum atomic E-state index is -5.08. The number of carbonyl (C=O) groups excluding carboxylic acids is 1. The van der Waals surface area contributed by atoms with Crippen molar-refractivity contribution in [2.24, 2.45) is 12.5 Å². The SMILES string of the molecule is CN1CCC2(CCCN(C(=O)c3cncn3C)C2)CC1.O=C(O)C(F)(F)F. The Morgan fingerprint density at radius 1 is 1.15 bits per heavy atom. The van der Waals surface area contributed by atoms with E-state index < -0.39 is 12.1 Å². The third-order valence-corrected chi connectivity index (χ3v) is 5.27. The number of hydrogen-bond acceptors (Lipinski definition) is 4. The summed E-state index contributed by atoms with van der Waals surface area (Å²) in [4.78, 5) is 30.0. The maximum atomic E-state index is 12.6. The summed E-state index contributed by atoms with van der Waals surface area (Å²) in [7, 11) is 4.07. The lowest BCUT2D eigenvalue weighted by Crippen LogP contribution is -2.50. The summed E-state index contributed by atoms with van der Waals surface area (Å²) in [6, 6.07) is 0. The van der Waals surface area contributed by atoms with Crippen LogP contribution in [-0.2, 0) is 11.8 Å². The van der Waals surface area contributed by atoms with Crippen molar-refractivity contribution in [3.05, 3.63) is 18.2 Å². The molecule has 0 aliphatic carbocycles. The van der Waals surface area contributed by atoms with E-state index >= 15 is 0 Å². The molecule has 1 aromatic heterocycles. The Labute approximate surface area is 155 Å². The molecule has 1 spiro atoms. The zero-order valence-electron chi connectivity index (χ0n) is 15.5. The Morgan fingerprint density at radius 3 is 2.22 bits per heavy atom. The zero-order chi connectivity index (χ0) is 20.2. The highest BCUT2D eigenvalue weighted by Gasteiger charge is 2.39. The van der Waals surface area contributed by atoms with Crippen LogP contribution >= 0.6 is 0 Å². The van der Waals surface area contributed by atoms with E-state index in [0.29, 0.717) is 11.1 Å². The van der Waals surface area contributed by atoms with Gasteiger partial charge in [-0.25, -0.2) is 9.78 Å². The third-order valence-electron chi connectivity index (χ3n) is 5.27. The number of piperidine rings is 2. The molecular formula is C17H25F3N4O3. The molecule has 1 N–H and O–H groups in total. The van der Waals surface area contributed by atoms with Crippen LogP contribution in [0.5, 0.6) is 0 Å². The molecule has 27 heavy (non-hydrogen) atoms. The average Bonchev–Trinajstić information content (AvgIpc) is 3.03. The molecule has 0 radical (unpaired) electrons. The van der Waals surface area contributed by atoms with Crippen LogP contribution in [0.3, 0.4) is 0 Å². The molecule has 3 rings (SSSR count). The second-order valence-corrected chi connectivity index (χ2v) is 7.33. The molecular weight excluding hydrogens is 365 g/mol. The monoisotopic (exact) mass is 390 g/mol. The van der Waals surface area contributed by atoms with Crippen LogP contribution in [0.1, 0.15) is 36.2 Å². The van der Waals surface area contributed by atoms with E-state index in [9.17, 15) is 18.0 Å². The van der Waals surface area contributed by atoms with Crippen molar-refractivity contribution in [3.8, 4) is 0 Å². The maximum Gasteiger partial charge on any atom is 0.490 e. The van der Waals surface area contributed by atoms with E-state index in [-0.39, 0.29) is 5.91 Å². The molecule has 2 aliphatic rings. The van der Waals surface area contributed by atoms with Gasteiger partial charge in [-0.05, 0) is 51.2 Å². The Balaban J connectivity index is 0.000000321. The minimum absolute atomic E-state index is 0.142. The molecule has 1 aromatic rings. The van der Waals surface area contributed by atoms with Gasteiger partial charge in [0.2, 0.25) is 0 Å². The number of aryl methyl sites for hydroxylation is 1. The van der Waals surface area contributed by atoms with Gasteiger partial charge < -0.3 is 19.5 Å². The van der Waals surface area contributed by atoms with E-state index in [2.05, 4.69) is 16.9 Å². The van der Waals surface area contributed by atoms with E-state index in [1.165, 1.54) is 19.3 Å². The van der Waals surface area contributed by atoms with Gasteiger partial charge in [-0.15, -0.1) is 0 Å². The molecule has 3 heterocycles. The number of aliphatic carboxylic acids is 1. The fourth-order valence-corrected chi connectivity index (χ4v) is 3.61. The van der Waals surface area contributed by atoms with E-state index in [4.69, 9.17) is 9.90 Å². The van der Waals surface area contributed by atoms with Crippen molar-refractivity contribution >= 4 is 11.9 Å². The molecule has 0 atom stereocenters. The fraction of sp³-hybridized carbons (Fsp3) is 0.706. The summed E-state index contributed by atoms with van der Waals surface area (Å²) in [5, 5.41) is 7.12. The lowest BCUT2D eigenvalue weighted by atomic mass is 9.72. The van der Waals surface area contributed by atoms with Crippen LogP contribution in [0.15, 0.2) is 12.5 Å². The number of carboxylic acids is 1. The molecule has 152 valence electrons. The minimum Gasteiger partial charge on any atom is -0.475 e. The van der Waals surface area contributed by atoms with Gasteiger partial charge in [0.05, 0.1) is 12.5 Å². The molecule has 7 nitrogen and oxygen atoms in total. The van der Waals surface area contributed by atoms with E-state index in [1.807, 2.05) is 16.5 Å². The normalized spacial score (nSPS) is 20.1. The maximum absolute atomic E-state index is 12.6. The van der Waals surface area contributed by atoms with Gasteiger partial charge in [-0.2, -0.15) is 13.2 Å². The van der Waals surface area contributed by atoms with Gasteiger partial charge >= 0.3 is 12.1 Å². The number of alkyl halides is 3. The molecule has 0 aromatic carbocycles. The number of halogens is 3. The first kappa shape index (κ1) is 21.2. The summed E-state index contributed by atoms with van der Waals surface area (Å²) in [5.74, 6) is -2.62. The Kier molecular flexibility index (Phi) is 6.50. The molecule has 0 bridgehead atoms. The van der Waals surface area contributed by atoms with Crippen LogP contribution in [-0.4, -0.2) is 75.7 Å². The molecule has 2 aliphatic heterocycles. The first-order chi connectivity index (χ1) is 12.5. The first-order valence-electron chi connectivity index (χ1n) is 8.78. The van der Waals surface area contributed by atoms with Crippen LogP contribution in [0.25, 0.3) is 0 Å². The van der Waals surface area contributed by atoms with Crippen molar-refractivity contribution < 1.29 is 27.9 Å². The van der Waals surface area contributed by atoms with Gasteiger partial charge in [0, 0.05) is 20.1 Å². The van der Waals surface area contributed by atoms with E-state index in [1.54, 1.807) is 12.5 Å². The molecule has 2 fully saturated rings. The number of likely N-dealkylation sites (tertiary alicyclic amines) is 2. The topological polar surface area (TPSA) is 78.7 Å². The van der Waals surface area contributed by atoms with Crippen molar-refractivity contribution in [3.63, 3.8) is 0 Å². The molecule has 0 unspecified atom stereocenters. The van der Waals surface area contributed by atoms with E-state index in [0.717, 1.165) is 32.6 Å². The van der Waals surface area contributed by atoms with Gasteiger partial charge in [-0.1, -0.05) is 0 Å². The zero-order valence-corrected chi connectivity index (χ0v) is 15.5. The third kappa shape index (κ3) is 5.44. The van der Waals surface area contributed by atoms with Crippen LogP contribution in [0.2, 0.25) is 0 Å². The van der Waals surface area contributed by atoms with Crippen molar-refractivity contribution in [1.29, 1.82) is 0 Å². The quantitative estimate of drug-likeness (QED) is 0.794. The highest BCUT2D eigenvalue weighted by molar-refractivity contribution is 5.92. The summed E-state index contributed by atoms with van der Waals surface area (Å²) in [6.45, 7) is 4.13. The standard InChI is InChI=1S/C15H24N4O.C2HF3O2/c1-17-8-5-15(6-9-17)4-3-7-19(11-15)14(20)13-10-16-12-18(13)2;3-2(4,5)1(6)7/h10,12H,3-9,11H2,1-2H3;(H,6,7). The number of carbonyl (C=O) groups is 2. The van der Waals surface area contributed by atoms with Gasteiger partial charge in [0.15, 0.2) is 0 Å². The van der Waals surface area contributed by atoms with Gasteiger partial charge in [0.25, 0.3) is 5.91 Å². The van der Waals surface area contributed by atoms with Crippen molar-refractivity contribution in [2.75, 3.05) is 33.2 Å². The number of hydrogen-bond donors (Lipinski definition) is 1. The van der Waals surface area contributed by atoms with Crippen molar-refractivity contribution in [1.82, 2.24) is 19.4 Å². The summed E-state index contributed by atoms with van der Waals surface area (Å²) >= 11 is 0. The number of nitrogens with zero attached hydrogens (tertiary/aromatic N) is 4. The lowest BCUT2D eigenvalue weighted by molar-refractivity contribution is -0.192. The average molecular weight is 390 g/mol. The second-order valence-electron chi connectivity index (χ2n) is 7.33. The van der Waals surface area contributed by atoms with Crippen LogP contribution in [0.4, 0.5) is 13.2 Å². The summed E-state index contributed by atoms with van der Waals surface area (Å²) in [5.41, 5.74) is 1.06. The fourth-order valence-electron chi connectivity index (χ4n) is 3.61. The second kappa shape index (κ2) is 8.28. The highest BCUT2D eigenvalue weighted by Crippen LogP contribution is 2.39. The number of rotatable bonds is 1. The van der Waals surface area contributed by atoms with Gasteiger partial charge in [-0.3, -0.25) is 4.79 Å². The predicted molar refractivity (Wildman–Crippen MR) is 91.2 cm³/mol. The summed E-state index contributed by atoms with van der Waals surface area (Å²) in [6.07, 6.45) is 3.14. The van der Waals surface area contributed by atoms with Crippen molar-refractivity contribution in [2.45, 2.75) is 31.9 Å².